The third-order valence-electron chi connectivity index (χ3n) is 10.5. The number of hydrogen-bond acceptors (Lipinski definition) is 4. The smallest absolute Gasteiger partial charge is 0.164 e. The highest BCUT2D eigenvalue weighted by Crippen LogP contribution is 2.56. The Hall–Kier alpha value is -7.04. The molecule has 0 radical (unpaired) electrons. The Balaban J connectivity index is 1.15. The van der Waals surface area contributed by atoms with E-state index < -0.39 is 5.41 Å². The molecule has 0 fully saturated rings. The summed E-state index contributed by atoms with van der Waals surface area (Å²) in [5.74, 6) is 1.93. The number of hydrogen-bond donors (Lipinski definition) is 0. The molecule has 0 saturated heterocycles. The van der Waals surface area contributed by atoms with Crippen molar-refractivity contribution in [2.45, 2.75) is 5.41 Å². The molecule has 53 heavy (non-hydrogen) atoms. The van der Waals surface area contributed by atoms with E-state index >= 15 is 0 Å². The fourth-order valence-electron chi connectivity index (χ4n) is 8.10. The number of pyridine rings is 1. The summed E-state index contributed by atoms with van der Waals surface area (Å²) in [6.07, 6.45) is 3.73. The van der Waals surface area contributed by atoms with Crippen molar-refractivity contribution in [3.8, 4) is 56.4 Å². The Morgan fingerprint density at radius 3 is 1.51 bits per heavy atom. The molecule has 7 aromatic carbocycles. The van der Waals surface area contributed by atoms with E-state index in [1.807, 2.05) is 48.8 Å². The molecule has 248 valence electrons. The molecule has 0 bridgehead atoms. The number of rotatable bonds is 6. The van der Waals surface area contributed by atoms with Gasteiger partial charge in [-0.1, -0.05) is 176 Å². The molecule has 4 nitrogen and oxygen atoms in total. The molecular formula is C49H32N4. The van der Waals surface area contributed by atoms with Crippen LogP contribution < -0.4 is 0 Å². The van der Waals surface area contributed by atoms with E-state index in [0.717, 1.165) is 38.6 Å². The molecule has 1 aliphatic carbocycles. The molecule has 2 heterocycles. The van der Waals surface area contributed by atoms with Gasteiger partial charge in [-0.15, -0.1) is 0 Å². The fourth-order valence-corrected chi connectivity index (χ4v) is 8.10. The lowest BCUT2D eigenvalue weighted by atomic mass is 9.67. The maximum absolute atomic E-state index is 5.14. The Morgan fingerprint density at radius 1 is 0.340 bits per heavy atom. The minimum atomic E-state index is -0.526. The van der Waals surface area contributed by atoms with Crippen LogP contribution in [0.15, 0.2) is 194 Å². The van der Waals surface area contributed by atoms with Crippen molar-refractivity contribution >= 4 is 10.8 Å². The van der Waals surface area contributed by atoms with Gasteiger partial charge in [-0.2, -0.15) is 0 Å². The van der Waals surface area contributed by atoms with Crippen molar-refractivity contribution in [1.82, 2.24) is 19.9 Å². The monoisotopic (exact) mass is 676 g/mol. The van der Waals surface area contributed by atoms with Crippen molar-refractivity contribution < 1.29 is 0 Å². The third kappa shape index (κ3) is 5.07. The highest BCUT2D eigenvalue weighted by atomic mass is 15.0. The predicted molar refractivity (Wildman–Crippen MR) is 214 cm³/mol. The molecule has 10 rings (SSSR count). The van der Waals surface area contributed by atoms with Crippen LogP contribution in [-0.4, -0.2) is 19.9 Å². The van der Waals surface area contributed by atoms with Crippen LogP contribution in [0.5, 0.6) is 0 Å². The first-order chi connectivity index (χ1) is 26.3. The van der Waals surface area contributed by atoms with Crippen LogP contribution in [0.3, 0.4) is 0 Å². The Kier molecular flexibility index (Phi) is 7.33. The summed E-state index contributed by atoms with van der Waals surface area (Å²) < 4.78 is 0. The molecule has 0 amide bonds. The molecule has 0 N–H and O–H groups in total. The van der Waals surface area contributed by atoms with Gasteiger partial charge >= 0.3 is 0 Å². The van der Waals surface area contributed by atoms with E-state index in [0.29, 0.717) is 17.5 Å². The topological polar surface area (TPSA) is 51.6 Å². The molecular weight excluding hydrogens is 645 g/mol. The molecule has 0 aliphatic heterocycles. The highest BCUT2D eigenvalue weighted by Gasteiger charge is 2.45. The number of aromatic nitrogens is 4. The maximum atomic E-state index is 5.14. The van der Waals surface area contributed by atoms with E-state index in [1.54, 1.807) is 0 Å². The van der Waals surface area contributed by atoms with Crippen LogP contribution in [0.4, 0.5) is 0 Å². The summed E-state index contributed by atoms with van der Waals surface area (Å²) >= 11 is 0. The quantitative estimate of drug-likeness (QED) is 0.176. The van der Waals surface area contributed by atoms with Crippen molar-refractivity contribution in [3.05, 3.63) is 217 Å². The van der Waals surface area contributed by atoms with Gasteiger partial charge in [0.05, 0.1) is 5.41 Å². The third-order valence-corrected chi connectivity index (χ3v) is 10.5. The van der Waals surface area contributed by atoms with E-state index in [-0.39, 0.29) is 0 Å². The second-order valence-corrected chi connectivity index (χ2v) is 13.4. The van der Waals surface area contributed by atoms with Crippen LogP contribution in [0.1, 0.15) is 22.3 Å². The largest absolute Gasteiger partial charge is 0.264 e. The zero-order valence-corrected chi connectivity index (χ0v) is 28.8. The van der Waals surface area contributed by atoms with Gasteiger partial charge in [-0.25, -0.2) is 15.0 Å². The zero-order valence-electron chi connectivity index (χ0n) is 28.8. The van der Waals surface area contributed by atoms with Gasteiger partial charge in [0.25, 0.3) is 0 Å². The molecule has 1 aliphatic rings. The molecule has 2 aromatic heterocycles. The first-order valence-electron chi connectivity index (χ1n) is 17.9. The van der Waals surface area contributed by atoms with Crippen molar-refractivity contribution in [2.24, 2.45) is 0 Å². The van der Waals surface area contributed by atoms with Crippen molar-refractivity contribution in [2.75, 3.05) is 0 Å². The fraction of sp³-hybridized carbons (Fsp3) is 0.0204. The molecule has 0 unspecified atom stereocenters. The second-order valence-electron chi connectivity index (χ2n) is 13.4. The van der Waals surface area contributed by atoms with Crippen molar-refractivity contribution in [1.29, 1.82) is 0 Å². The first-order valence-corrected chi connectivity index (χ1v) is 17.9. The lowest BCUT2D eigenvalue weighted by molar-refractivity contribution is 0.768. The molecule has 9 aromatic rings. The summed E-state index contributed by atoms with van der Waals surface area (Å²) in [7, 11) is 0. The van der Waals surface area contributed by atoms with Gasteiger partial charge in [-0.05, 0) is 61.3 Å². The van der Waals surface area contributed by atoms with Crippen LogP contribution in [-0.2, 0) is 5.41 Å². The van der Waals surface area contributed by atoms with E-state index in [4.69, 9.17) is 15.0 Å². The summed E-state index contributed by atoms with van der Waals surface area (Å²) in [5.41, 5.74) is 12.0. The number of fused-ring (bicyclic) bond motifs is 4. The average Bonchev–Trinajstić information content (AvgIpc) is 3.55. The lowest BCUT2D eigenvalue weighted by Gasteiger charge is -2.34. The van der Waals surface area contributed by atoms with Crippen LogP contribution in [0, 0.1) is 0 Å². The summed E-state index contributed by atoms with van der Waals surface area (Å²) in [6, 6.07) is 64.4. The normalized spacial score (nSPS) is 12.7. The van der Waals surface area contributed by atoms with Crippen molar-refractivity contribution in [3.63, 3.8) is 0 Å². The first kappa shape index (κ1) is 30.8. The standard InChI is InChI=1S/C49H32N4/c1-2-13-35(14-3-1)46-51-47(53-48(52-46)43-20-10-15-34-12-4-5-17-40(34)43)36-25-29-39(30-26-36)49(38-27-23-33(24-28-38)37-16-11-31-50-32-37)44-21-8-6-18-41(44)42-19-7-9-22-45(42)49/h1-32H. The summed E-state index contributed by atoms with van der Waals surface area (Å²) in [4.78, 5) is 19.6. The zero-order chi connectivity index (χ0) is 35.2. The van der Waals surface area contributed by atoms with Gasteiger partial charge in [0.1, 0.15) is 0 Å². The molecule has 0 saturated carbocycles. The Labute approximate surface area is 308 Å². The van der Waals surface area contributed by atoms with Crippen LogP contribution in [0.2, 0.25) is 0 Å². The SMILES string of the molecule is c1ccc(-c2nc(-c3ccc(C4(c5ccc(-c6cccnc6)cc5)c5ccccc5-c5ccccc54)cc3)nc(-c3cccc4ccccc34)n2)cc1. The molecule has 4 heteroatoms. The van der Waals surface area contributed by atoms with Crippen LogP contribution >= 0.6 is 0 Å². The molecule has 0 spiro atoms. The lowest BCUT2D eigenvalue weighted by Crippen LogP contribution is -2.28. The molecule has 0 atom stereocenters. The summed E-state index contributed by atoms with van der Waals surface area (Å²) in [5, 5.41) is 2.25. The van der Waals surface area contributed by atoms with E-state index in [2.05, 4.69) is 151 Å². The minimum Gasteiger partial charge on any atom is -0.264 e. The van der Waals surface area contributed by atoms with Gasteiger partial charge < -0.3 is 0 Å². The number of nitrogens with zero attached hydrogens (tertiary/aromatic N) is 4. The maximum Gasteiger partial charge on any atom is 0.164 e. The van der Waals surface area contributed by atoms with E-state index in [1.165, 1.54) is 33.4 Å². The van der Waals surface area contributed by atoms with Gasteiger partial charge in [0.2, 0.25) is 0 Å². The average molecular weight is 677 g/mol. The predicted octanol–water partition coefficient (Wildman–Crippen LogP) is 11.5. The van der Waals surface area contributed by atoms with Gasteiger partial charge in [0.15, 0.2) is 17.5 Å². The van der Waals surface area contributed by atoms with Gasteiger partial charge in [0, 0.05) is 29.1 Å². The minimum absolute atomic E-state index is 0.526. The van der Waals surface area contributed by atoms with Gasteiger partial charge in [-0.3, -0.25) is 4.98 Å². The highest BCUT2D eigenvalue weighted by molar-refractivity contribution is 5.95. The second kappa shape index (κ2) is 12.6. The number of benzene rings is 7. The Morgan fingerprint density at radius 2 is 0.849 bits per heavy atom. The van der Waals surface area contributed by atoms with E-state index in [9.17, 15) is 0 Å². The summed E-state index contributed by atoms with van der Waals surface area (Å²) in [6.45, 7) is 0. The Bertz CT molecular complexity index is 2710. The van der Waals surface area contributed by atoms with Crippen LogP contribution in [0.25, 0.3) is 67.2 Å².